The lowest BCUT2D eigenvalue weighted by atomic mass is 10.1. The number of phenolic OH excluding ortho intramolecular Hbond substituents is 1. The number of nitrogens with one attached hydrogen (secondary N) is 1. The third kappa shape index (κ3) is 2.93. The molecule has 1 aromatic heterocycles. The van der Waals surface area contributed by atoms with Crippen molar-refractivity contribution in [1.29, 1.82) is 0 Å². The summed E-state index contributed by atoms with van der Waals surface area (Å²) >= 11 is 0. The van der Waals surface area contributed by atoms with Crippen molar-refractivity contribution < 1.29 is 14.0 Å². The average Bonchev–Trinajstić information content (AvgIpc) is 2.70. The molecule has 0 fully saturated rings. The number of halogens is 1. The maximum Gasteiger partial charge on any atom is 0.138 e. The Morgan fingerprint density at radius 2 is 2.16 bits per heavy atom. The Balaban J connectivity index is 2.08. The van der Waals surface area contributed by atoms with E-state index in [9.17, 15) is 9.50 Å². The monoisotopic (exact) mass is 264 g/mol. The highest BCUT2D eigenvalue weighted by Crippen LogP contribution is 2.23. The fourth-order valence-electron chi connectivity index (χ4n) is 2.17. The second kappa shape index (κ2) is 5.40. The van der Waals surface area contributed by atoms with Gasteiger partial charge >= 0.3 is 0 Å². The summed E-state index contributed by atoms with van der Waals surface area (Å²) in [4.78, 5) is 0. The Labute approximate surface area is 111 Å². The number of nitrogens with zero attached hydrogens (tertiary/aromatic N) is 1. The van der Waals surface area contributed by atoms with Crippen LogP contribution in [0.1, 0.15) is 35.5 Å². The van der Waals surface area contributed by atoms with Crippen LogP contribution >= 0.6 is 0 Å². The first kappa shape index (κ1) is 13.5. The third-order valence-corrected chi connectivity index (χ3v) is 3.16. The summed E-state index contributed by atoms with van der Waals surface area (Å²) in [5.41, 5.74) is 2.36. The molecule has 102 valence electrons. The zero-order chi connectivity index (χ0) is 14.0. The summed E-state index contributed by atoms with van der Waals surface area (Å²) in [5, 5.41) is 16.8. The van der Waals surface area contributed by atoms with Crippen LogP contribution in [-0.2, 0) is 6.54 Å². The van der Waals surface area contributed by atoms with Gasteiger partial charge in [0.15, 0.2) is 0 Å². The van der Waals surface area contributed by atoms with Crippen molar-refractivity contribution in [2.75, 3.05) is 0 Å². The van der Waals surface area contributed by atoms with Crippen LogP contribution in [-0.4, -0.2) is 10.3 Å². The first-order chi connectivity index (χ1) is 8.99. The standard InChI is InChI=1S/C14H17FN2O2/c1-8(14-9(2)17-19-10(14)3)16-7-11-6-12(15)4-5-13(11)18/h4-6,8,16,18H,7H2,1-3H3. The van der Waals surface area contributed by atoms with Crippen LogP contribution in [0.5, 0.6) is 5.75 Å². The van der Waals surface area contributed by atoms with Crippen LogP contribution in [0.4, 0.5) is 4.39 Å². The fraction of sp³-hybridized carbons (Fsp3) is 0.357. The number of benzene rings is 1. The van der Waals surface area contributed by atoms with Crippen LogP contribution in [0.15, 0.2) is 22.7 Å². The number of aromatic nitrogens is 1. The number of phenols is 1. The maximum atomic E-state index is 13.1. The van der Waals surface area contributed by atoms with Crippen molar-refractivity contribution in [2.45, 2.75) is 33.4 Å². The molecule has 5 heteroatoms. The smallest absolute Gasteiger partial charge is 0.138 e. The number of hydrogen-bond donors (Lipinski definition) is 2. The number of aryl methyl sites for hydroxylation is 2. The highest BCUT2D eigenvalue weighted by Gasteiger charge is 2.16. The SMILES string of the molecule is Cc1noc(C)c1C(C)NCc1cc(F)ccc1O. The van der Waals surface area contributed by atoms with E-state index in [1.165, 1.54) is 18.2 Å². The van der Waals surface area contributed by atoms with E-state index in [0.29, 0.717) is 12.1 Å². The quantitative estimate of drug-likeness (QED) is 0.891. The van der Waals surface area contributed by atoms with Gasteiger partial charge in [0, 0.05) is 23.7 Å². The van der Waals surface area contributed by atoms with Crippen LogP contribution in [0.3, 0.4) is 0 Å². The Morgan fingerprint density at radius 3 is 2.79 bits per heavy atom. The molecule has 1 aromatic carbocycles. The van der Waals surface area contributed by atoms with Crippen LogP contribution in [0, 0.1) is 19.7 Å². The second-order valence-corrected chi connectivity index (χ2v) is 4.61. The molecule has 19 heavy (non-hydrogen) atoms. The Hall–Kier alpha value is -1.88. The van der Waals surface area contributed by atoms with E-state index in [1.807, 2.05) is 20.8 Å². The lowest BCUT2D eigenvalue weighted by Crippen LogP contribution is -2.19. The Morgan fingerprint density at radius 1 is 1.42 bits per heavy atom. The molecule has 0 aliphatic rings. The highest BCUT2D eigenvalue weighted by atomic mass is 19.1. The lowest BCUT2D eigenvalue weighted by Gasteiger charge is -2.14. The van der Waals surface area contributed by atoms with Crippen molar-refractivity contribution >= 4 is 0 Å². The van der Waals surface area contributed by atoms with Gasteiger partial charge in [0.1, 0.15) is 17.3 Å². The maximum absolute atomic E-state index is 13.1. The summed E-state index contributed by atoms with van der Waals surface area (Å²) < 4.78 is 18.2. The first-order valence-electron chi connectivity index (χ1n) is 6.12. The van der Waals surface area contributed by atoms with Gasteiger partial charge in [-0.25, -0.2) is 4.39 Å². The van der Waals surface area contributed by atoms with E-state index < -0.39 is 0 Å². The van der Waals surface area contributed by atoms with E-state index in [0.717, 1.165) is 17.0 Å². The van der Waals surface area contributed by atoms with Gasteiger partial charge in [0.2, 0.25) is 0 Å². The molecule has 2 aromatic rings. The van der Waals surface area contributed by atoms with Crippen LogP contribution in [0.2, 0.25) is 0 Å². The highest BCUT2D eigenvalue weighted by molar-refractivity contribution is 5.33. The molecular weight excluding hydrogens is 247 g/mol. The molecule has 4 nitrogen and oxygen atoms in total. The molecule has 1 heterocycles. The molecule has 0 aliphatic heterocycles. The van der Waals surface area contributed by atoms with Gasteiger partial charge in [-0.15, -0.1) is 0 Å². The second-order valence-electron chi connectivity index (χ2n) is 4.61. The van der Waals surface area contributed by atoms with Crippen molar-refractivity contribution in [3.63, 3.8) is 0 Å². The number of hydrogen-bond acceptors (Lipinski definition) is 4. The van der Waals surface area contributed by atoms with Gasteiger partial charge in [-0.3, -0.25) is 0 Å². The average molecular weight is 264 g/mol. The molecule has 1 atom stereocenters. The summed E-state index contributed by atoms with van der Waals surface area (Å²) in [6, 6.07) is 3.92. The number of rotatable bonds is 4. The Kier molecular flexibility index (Phi) is 3.85. The molecular formula is C14H17FN2O2. The molecule has 0 saturated heterocycles. The predicted octanol–water partition coefficient (Wildman–Crippen LogP) is 2.99. The van der Waals surface area contributed by atoms with Gasteiger partial charge in [-0.05, 0) is 39.0 Å². The van der Waals surface area contributed by atoms with Crippen molar-refractivity contribution in [3.05, 3.63) is 46.6 Å². The minimum absolute atomic E-state index is 0.00826. The van der Waals surface area contributed by atoms with Crippen molar-refractivity contribution in [1.82, 2.24) is 10.5 Å². The predicted molar refractivity (Wildman–Crippen MR) is 69.3 cm³/mol. The van der Waals surface area contributed by atoms with Gasteiger partial charge in [-0.2, -0.15) is 0 Å². The van der Waals surface area contributed by atoms with Crippen molar-refractivity contribution in [3.8, 4) is 5.75 Å². The van der Waals surface area contributed by atoms with Crippen molar-refractivity contribution in [2.24, 2.45) is 0 Å². The lowest BCUT2D eigenvalue weighted by molar-refractivity contribution is 0.390. The first-order valence-corrected chi connectivity index (χ1v) is 6.12. The fourth-order valence-corrected chi connectivity index (χ4v) is 2.17. The van der Waals surface area contributed by atoms with Gasteiger partial charge in [0.05, 0.1) is 5.69 Å². The summed E-state index contributed by atoms with van der Waals surface area (Å²) in [7, 11) is 0. The van der Waals surface area contributed by atoms with E-state index in [-0.39, 0.29) is 17.6 Å². The van der Waals surface area contributed by atoms with E-state index in [2.05, 4.69) is 10.5 Å². The van der Waals surface area contributed by atoms with Crippen LogP contribution < -0.4 is 5.32 Å². The molecule has 2 N–H and O–H groups in total. The molecule has 0 spiro atoms. The normalized spacial score (nSPS) is 12.6. The third-order valence-electron chi connectivity index (χ3n) is 3.16. The summed E-state index contributed by atoms with van der Waals surface area (Å²) in [6.45, 7) is 6.08. The largest absolute Gasteiger partial charge is 0.508 e. The summed E-state index contributed by atoms with van der Waals surface area (Å²) in [5.74, 6) is 0.486. The molecule has 0 amide bonds. The molecule has 0 aliphatic carbocycles. The molecule has 0 saturated carbocycles. The number of aromatic hydroxyl groups is 1. The summed E-state index contributed by atoms with van der Waals surface area (Å²) in [6.07, 6.45) is 0. The van der Waals surface area contributed by atoms with E-state index >= 15 is 0 Å². The van der Waals surface area contributed by atoms with E-state index in [1.54, 1.807) is 0 Å². The molecule has 0 bridgehead atoms. The zero-order valence-corrected chi connectivity index (χ0v) is 11.2. The zero-order valence-electron chi connectivity index (χ0n) is 11.2. The molecule has 0 radical (unpaired) electrons. The molecule has 2 rings (SSSR count). The van der Waals surface area contributed by atoms with Gasteiger partial charge < -0.3 is 14.9 Å². The van der Waals surface area contributed by atoms with E-state index in [4.69, 9.17) is 4.52 Å². The minimum atomic E-state index is -0.361. The van der Waals surface area contributed by atoms with Gasteiger partial charge in [0.25, 0.3) is 0 Å². The Bertz CT molecular complexity index is 561. The topological polar surface area (TPSA) is 58.3 Å². The molecule has 1 unspecified atom stereocenters. The van der Waals surface area contributed by atoms with Crippen LogP contribution in [0.25, 0.3) is 0 Å². The van der Waals surface area contributed by atoms with Gasteiger partial charge in [-0.1, -0.05) is 5.16 Å². The minimum Gasteiger partial charge on any atom is -0.508 e.